The van der Waals surface area contributed by atoms with E-state index in [-0.39, 0.29) is 11.3 Å². The van der Waals surface area contributed by atoms with E-state index in [4.69, 9.17) is 4.74 Å². The first-order valence-corrected chi connectivity index (χ1v) is 8.50. The molecule has 5 nitrogen and oxygen atoms in total. The number of halogens is 2. The number of phenolic OH excluding ortho intramolecular Hbond substituents is 1. The summed E-state index contributed by atoms with van der Waals surface area (Å²) in [6.07, 6.45) is 1.16. The summed E-state index contributed by atoms with van der Waals surface area (Å²) in [6, 6.07) is 3.34. The van der Waals surface area contributed by atoms with Crippen LogP contribution >= 0.6 is 45.2 Å². The Bertz CT molecular complexity index is 562. The summed E-state index contributed by atoms with van der Waals surface area (Å²) in [5.41, 5.74) is -0.961. The molecule has 21 heavy (non-hydrogen) atoms. The molecular formula is C14H17I2NO4. The topological polar surface area (TPSA) is 75.6 Å². The Morgan fingerprint density at radius 1 is 1.38 bits per heavy atom. The first-order chi connectivity index (χ1) is 9.75. The maximum atomic E-state index is 12.4. The summed E-state index contributed by atoms with van der Waals surface area (Å²) in [5.74, 6) is -1.08. The minimum atomic E-state index is -1.11. The van der Waals surface area contributed by atoms with E-state index >= 15 is 0 Å². The van der Waals surface area contributed by atoms with Crippen LogP contribution in [-0.2, 0) is 9.53 Å². The molecule has 0 fully saturated rings. The molecule has 0 aromatic heterocycles. The third-order valence-electron chi connectivity index (χ3n) is 3.05. The van der Waals surface area contributed by atoms with E-state index in [0.29, 0.717) is 16.4 Å². The molecule has 0 heterocycles. The maximum Gasteiger partial charge on any atom is 0.331 e. The quantitative estimate of drug-likeness (QED) is 0.466. The van der Waals surface area contributed by atoms with Crippen LogP contribution in [0, 0.1) is 7.14 Å². The summed E-state index contributed by atoms with van der Waals surface area (Å²) in [6.45, 7) is 3.54. The third-order valence-corrected chi connectivity index (χ3v) is 4.49. The van der Waals surface area contributed by atoms with Crippen molar-refractivity contribution in [1.29, 1.82) is 0 Å². The van der Waals surface area contributed by atoms with Gasteiger partial charge in [-0.1, -0.05) is 13.3 Å². The number of rotatable bonds is 5. The number of aromatic hydroxyl groups is 1. The summed E-state index contributed by atoms with van der Waals surface area (Å²) in [7, 11) is 1.29. The number of phenols is 1. The minimum Gasteiger partial charge on any atom is -0.506 e. The molecule has 0 spiro atoms. The second-order valence-electron chi connectivity index (χ2n) is 4.81. The minimum absolute atomic E-state index is 0.0859. The number of nitrogens with one attached hydrogen (secondary N) is 1. The number of carbonyl (C=O) groups is 2. The van der Waals surface area contributed by atoms with Gasteiger partial charge in [0.05, 0.1) is 16.2 Å². The lowest BCUT2D eigenvalue weighted by Crippen LogP contribution is -2.52. The molecule has 1 rings (SSSR count). The molecule has 1 amide bonds. The van der Waals surface area contributed by atoms with Gasteiger partial charge in [-0.3, -0.25) is 4.79 Å². The fraction of sp³-hybridized carbons (Fsp3) is 0.429. The standard InChI is InChI=1S/C14H17I2NO4/c1-4-5-14(2,13(20)21-3)17-12(19)9-6-8(15)7-10(16)11(9)18/h6-7,18H,4-5H2,1-3H3,(H,17,19). The van der Waals surface area contributed by atoms with Crippen LogP contribution in [0.4, 0.5) is 0 Å². The highest BCUT2D eigenvalue weighted by atomic mass is 127. The maximum absolute atomic E-state index is 12.4. The molecule has 0 aliphatic rings. The smallest absolute Gasteiger partial charge is 0.331 e. The normalized spacial score (nSPS) is 13.4. The number of ether oxygens (including phenoxy) is 1. The zero-order chi connectivity index (χ0) is 16.2. The second kappa shape index (κ2) is 7.61. The van der Waals surface area contributed by atoms with Gasteiger partial charge in [-0.25, -0.2) is 4.79 Å². The number of carbonyl (C=O) groups excluding carboxylic acids is 2. The monoisotopic (exact) mass is 517 g/mol. The molecule has 2 N–H and O–H groups in total. The molecule has 7 heteroatoms. The fourth-order valence-corrected chi connectivity index (χ4v) is 3.84. The highest BCUT2D eigenvalue weighted by Crippen LogP contribution is 2.27. The van der Waals surface area contributed by atoms with Gasteiger partial charge in [0, 0.05) is 3.57 Å². The Hall–Kier alpha value is -0.580. The Labute approximate surface area is 151 Å². The van der Waals surface area contributed by atoms with Gasteiger partial charge in [-0.15, -0.1) is 0 Å². The molecule has 0 aliphatic carbocycles. The van der Waals surface area contributed by atoms with Gasteiger partial charge in [0.2, 0.25) is 0 Å². The van der Waals surface area contributed by atoms with Crippen molar-refractivity contribution in [3.63, 3.8) is 0 Å². The van der Waals surface area contributed by atoms with Crippen molar-refractivity contribution >= 4 is 57.1 Å². The van der Waals surface area contributed by atoms with Gasteiger partial charge in [0.15, 0.2) is 0 Å². The molecule has 0 aliphatic heterocycles. The van der Waals surface area contributed by atoms with E-state index < -0.39 is 17.4 Å². The van der Waals surface area contributed by atoms with Crippen LogP contribution in [0.3, 0.4) is 0 Å². The van der Waals surface area contributed by atoms with Crippen molar-refractivity contribution in [3.8, 4) is 5.75 Å². The Balaban J connectivity index is 3.11. The van der Waals surface area contributed by atoms with Crippen LogP contribution in [0.2, 0.25) is 0 Å². The van der Waals surface area contributed by atoms with E-state index in [1.807, 2.05) is 29.5 Å². The van der Waals surface area contributed by atoms with Crippen LogP contribution in [0.25, 0.3) is 0 Å². The Morgan fingerprint density at radius 2 is 2.00 bits per heavy atom. The van der Waals surface area contributed by atoms with E-state index in [9.17, 15) is 14.7 Å². The zero-order valence-electron chi connectivity index (χ0n) is 12.0. The lowest BCUT2D eigenvalue weighted by atomic mass is 9.95. The SMILES string of the molecule is CCCC(C)(NC(=O)c1cc(I)cc(I)c1O)C(=O)OC. The van der Waals surface area contributed by atoms with Crippen LogP contribution in [-0.4, -0.2) is 29.6 Å². The molecule has 0 saturated heterocycles. The second-order valence-corrected chi connectivity index (χ2v) is 7.22. The molecular weight excluding hydrogens is 500 g/mol. The Kier molecular flexibility index (Phi) is 6.70. The first kappa shape index (κ1) is 18.5. The highest BCUT2D eigenvalue weighted by molar-refractivity contribution is 14.1. The lowest BCUT2D eigenvalue weighted by molar-refractivity contribution is -0.147. The van der Waals surface area contributed by atoms with Gasteiger partial charge < -0.3 is 15.2 Å². The molecule has 0 radical (unpaired) electrons. The van der Waals surface area contributed by atoms with Gasteiger partial charge >= 0.3 is 5.97 Å². The number of methoxy groups -OCH3 is 1. The van der Waals surface area contributed by atoms with Crippen molar-refractivity contribution in [2.75, 3.05) is 7.11 Å². The largest absolute Gasteiger partial charge is 0.506 e. The predicted octanol–water partition coefficient (Wildman–Crippen LogP) is 3.06. The number of hydrogen-bond acceptors (Lipinski definition) is 4. The van der Waals surface area contributed by atoms with Crippen molar-refractivity contribution in [1.82, 2.24) is 5.32 Å². The van der Waals surface area contributed by atoms with E-state index in [1.54, 1.807) is 19.1 Å². The number of hydrogen-bond donors (Lipinski definition) is 2. The van der Waals surface area contributed by atoms with E-state index in [2.05, 4.69) is 27.9 Å². The summed E-state index contributed by atoms with van der Waals surface area (Å²) >= 11 is 4.03. The lowest BCUT2D eigenvalue weighted by Gasteiger charge is -2.27. The number of esters is 1. The van der Waals surface area contributed by atoms with Gasteiger partial charge in [0.25, 0.3) is 5.91 Å². The van der Waals surface area contributed by atoms with Crippen LogP contribution in [0.5, 0.6) is 5.75 Å². The van der Waals surface area contributed by atoms with E-state index in [1.165, 1.54) is 7.11 Å². The first-order valence-electron chi connectivity index (χ1n) is 6.34. The number of amides is 1. The summed E-state index contributed by atoms with van der Waals surface area (Å²) < 4.78 is 6.18. The Morgan fingerprint density at radius 3 is 2.52 bits per heavy atom. The van der Waals surface area contributed by atoms with Crippen molar-refractivity contribution in [2.45, 2.75) is 32.2 Å². The predicted molar refractivity (Wildman–Crippen MR) is 96.3 cm³/mol. The van der Waals surface area contributed by atoms with Gasteiger partial charge in [-0.2, -0.15) is 0 Å². The molecule has 116 valence electrons. The summed E-state index contributed by atoms with van der Waals surface area (Å²) in [5, 5.41) is 12.7. The van der Waals surface area contributed by atoms with Gasteiger partial charge in [0.1, 0.15) is 11.3 Å². The van der Waals surface area contributed by atoms with Gasteiger partial charge in [-0.05, 0) is 70.7 Å². The van der Waals surface area contributed by atoms with E-state index in [0.717, 1.165) is 3.57 Å². The molecule has 1 aromatic rings. The van der Waals surface area contributed by atoms with Crippen LogP contribution in [0.15, 0.2) is 12.1 Å². The molecule has 0 bridgehead atoms. The zero-order valence-corrected chi connectivity index (χ0v) is 16.3. The third kappa shape index (κ3) is 4.44. The van der Waals surface area contributed by atoms with Crippen LogP contribution in [0.1, 0.15) is 37.0 Å². The average Bonchev–Trinajstić information content (AvgIpc) is 2.41. The highest BCUT2D eigenvalue weighted by Gasteiger charge is 2.36. The number of benzene rings is 1. The fourth-order valence-electron chi connectivity index (χ4n) is 2.00. The molecule has 0 saturated carbocycles. The molecule has 1 unspecified atom stereocenters. The van der Waals surface area contributed by atoms with Crippen molar-refractivity contribution in [2.24, 2.45) is 0 Å². The van der Waals surface area contributed by atoms with Crippen molar-refractivity contribution < 1.29 is 19.4 Å². The molecule has 1 atom stereocenters. The van der Waals surface area contributed by atoms with Crippen molar-refractivity contribution in [3.05, 3.63) is 24.8 Å². The average molecular weight is 517 g/mol. The summed E-state index contributed by atoms with van der Waals surface area (Å²) in [4.78, 5) is 24.3. The molecule has 1 aromatic carbocycles. The van der Waals surface area contributed by atoms with Crippen LogP contribution < -0.4 is 5.32 Å².